The fourth-order valence-electron chi connectivity index (χ4n) is 1.83. The van der Waals surface area contributed by atoms with Crippen molar-refractivity contribution in [1.29, 1.82) is 0 Å². The number of nitrogens with one attached hydrogen (secondary N) is 1. The van der Waals surface area contributed by atoms with Gasteiger partial charge in [-0.15, -0.1) is 0 Å². The summed E-state index contributed by atoms with van der Waals surface area (Å²) in [5.74, 6) is 0.243. The van der Waals surface area contributed by atoms with E-state index in [0.29, 0.717) is 20.3 Å². The van der Waals surface area contributed by atoms with E-state index in [2.05, 4.69) is 42.3 Å². The molecule has 0 aromatic heterocycles. The largest absolute Gasteiger partial charge is 0.481 e. The average Bonchev–Trinajstić information content (AvgIpc) is 2.49. The Balaban J connectivity index is 2.00. The first kappa shape index (κ1) is 17.5. The van der Waals surface area contributed by atoms with Crippen LogP contribution in [0.4, 0.5) is 5.69 Å². The average molecular weight is 442 g/mol. The first-order chi connectivity index (χ1) is 11.0. The fourth-order valence-corrected chi connectivity index (χ4v) is 3.28. The predicted molar refractivity (Wildman–Crippen MR) is 96.5 cm³/mol. The van der Waals surface area contributed by atoms with Crippen molar-refractivity contribution in [2.24, 2.45) is 5.16 Å². The maximum absolute atomic E-state index is 11.9. The number of carbonyl (C=O) groups is 1. The van der Waals surface area contributed by atoms with Crippen molar-refractivity contribution in [1.82, 2.24) is 0 Å². The first-order valence-corrected chi connectivity index (χ1v) is 8.24. The zero-order valence-corrected chi connectivity index (χ0v) is 15.4. The summed E-state index contributed by atoms with van der Waals surface area (Å²) in [5.41, 5.74) is 2.53. The zero-order valence-electron chi connectivity index (χ0n) is 12.2. The lowest BCUT2D eigenvalue weighted by Crippen LogP contribution is -2.20. The van der Waals surface area contributed by atoms with Gasteiger partial charge in [-0.1, -0.05) is 22.9 Å². The first-order valence-electron chi connectivity index (χ1n) is 6.65. The van der Waals surface area contributed by atoms with Gasteiger partial charge in [0.1, 0.15) is 5.75 Å². The molecule has 0 unspecified atom stereocenters. The highest BCUT2D eigenvalue weighted by Gasteiger charge is 2.11. The van der Waals surface area contributed by atoms with Gasteiger partial charge in [0.05, 0.1) is 15.2 Å². The fraction of sp³-hybridized carbons (Fsp3) is 0.125. The van der Waals surface area contributed by atoms with E-state index in [9.17, 15) is 4.79 Å². The van der Waals surface area contributed by atoms with Crippen LogP contribution < -0.4 is 10.1 Å². The second-order valence-electron chi connectivity index (χ2n) is 4.76. The zero-order chi connectivity index (χ0) is 16.8. The highest BCUT2D eigenvalue weighted by atomic mass is 79.9. The number of halogens is 2. The summed E-state index contributed by atoms with van der Waals surface area (Å²) in [6, 6.07) is 11.0. The van der Waals surface area contributed by atoms with Crippen molar-refractivity contribution in [3.05, 3.63) is 56.5 Å². The normalized spacial score (nSPS) is 10.7. The Labute approximate surface area is 150 Å². The third kappa shape index (κ3) is 5.07. The lowest BCUT2D eigenvalue weighted by atomic mass is 10.2. The van der Waals surface area contributed by atoms with Crippen LogP contribution in [-0.4, -0.2) is 23.9 Å². The number of amides is 1. The molecule has 0 fully saturated rings. The number of benzene rings is 2. The van der Waals surface area contributed by atoms with Gasteiger partial charge in [0, 0.05) is 5.69 Å². The van der Waals surface area contributed by atoms with Crippen LogP contribution in [0, 0.1) is 6.92 Å². The number of hydrogen-bond donors (Lipinski definition) is 2. The molecule has 23 heavy (non-hydrogen) atoms. The highest BCUT2D eigenvalue weighted by Crippen LogP contribution is 2.34. The Morgan fingerprint density at radius 1 is 1.26 bits per heavy atom. The highest BCUT2D eigenvalue weighted by molar-refractivity contribution is 9.11. The Hall–Kier alpha value is -1.86. The van der Waals surface area contributed by atoms with Crippen molar-refractivity contribution in [2.45, 2.75) is 6.92 Å². The number of nitrogens with zero attached hydrogens (tertiary/aromatic N) is 1. The van der Waals surface area contributed by atoms with Crippen molar-refractivity contribution in [2.75, 3.05) is 11.9 Å². The molecule has 0 saturated heterocycles. The van der Waals surface area contributed by atoms with E-state index in [1.54, 1.807) is 12.1 Å². The third-order valence-electron chi connectivity index (χ3n) is 2.91. The number of carbonyl (C=O) groups excluding carboxylic acids is 1. The van der Waals surface area contributed by atoms with Gasteiger partial charge in [-0.3, -0.25) is 4.79 Å². The molecule has 0 radical (unpaired) electrons. The van der Waals surface area contributed by atoms with E-state index in [4.69, 9.17) is 9.94 Å². The van der Waals surface area contributed by atoms with Gasteiger partial charge >= 0.3 is 0 Å². The minimum Gasteiger partial charge on any atom is -0.481 e. The Bertz CT molecular complexity index is 708. The molecule has 2 aromatic rings. The van der Waals surface area contributed by atoms with Crippen LogP contribution >= 0.6 is 31.9 Å². The quantitative estimate of drug-likeness (QED) is 0.411. The predicted octanol–water partition coefficient (Wildman–Crippen LogP) is 4.35. The number of hydrogen-bond acceptors (Lipinski definition) is 4. The molecule has 0 spiro atoms. The van der Waals surface area contributed by atoms with Gasteiger partial charge in [0.2, 0.25) is 0 Å². The van der Waals surface area contributed by atoms with Crippen LogP contribution in [0.15, 0.2) is 50.5 Å². The summed E-state index contributed by atoms with van der Waals surface area (Å²) in [4.78, 5) is 11.9. The Morgan fingerprint density at radius 3 is 2.43 bits per heavy atom. The van der Waals surface area contributed by atoms with Gasteiger partial charge in [-0.2, -0.15) is 0 Å². The van der Waals surface area contributed by atoms with Crippen molar-refractivity contribution >= 4 is 49.7 Å². The molecule has 1 amide bonds. The molecule has 120 valence electrons. The molecule has 0 aliphatic rings. The minimum atomic E-state index is -0.256. The molecular formula is C16H14Br2N2O3. The Kier molecular flexibility index (Phi) is 6.18. The number of oxime groups is 1. The summed E-state index contributed by atoms with van der Waals surface area (Å²) >= 11 is 6.73. The van der Waals surface area contributed by atoms with Gasteiger partial charge in [0.25, 0.3) is 5.91 Å². The van der Waals surface area contributed by atoms with Gasteiger partial charge < -0.3 is 15.3 Å². The maximum Gasteiger partial charge on any atom is 0.262 e. The monoisotopic (exact) mass is 440 g/mol. The topological polar surface area (TPSA) is 70.9 Å². The molecule has 0 aliphatic heterocycles. The van der Waals surface area contributed by atoms with Crippen molar-refractivity contribution in [3.8, 4) is 5.75 Å². The summed E-state index contributed by atoms with van der Waals surface area (Å²) in [6.07, 6.45) is 1.30. The van der Waals surface area contributed by atoms with Crippen LogP contribution in [-0.2, 0) is 4.79 Å². The van der Waals surface area contributed by atoms with Gasteiger partial charge in [0.15, 0.2) is 6.61 Å². The summed E-state index contributed by atoms with van der Waals surface area (Å²) in [5, 5.41) is 14.3. The van der Waals surface area contributed by atoms with Gasteiger partial charge in [-0.25, -0.2) is 0 Å². The number of rotatable bonds is 5. The SMILES string of the molecule is Cc1ccc(NC(=O)COc2c(Br)cc(/C=N\O)cc2Br)cc1. The molecule has 2 N–H and O–H groups in total. The van der Waals surface area contributed by atoms with Crippen LogP contribution in [0.1, 0.15) is 11.1 Å². The molecule has 7 heteroatoms. The van der Waals surface area contributed by atoms with Crippen LogP contribution in [0.25, 0.3) is 0 Å². The number of aryl methyl sites for hydroxylation is 1. The molecule has 2 aromatic carbocycles. The summed E-state index contributed by atoms with van der Waals surface area (Å²) in [6.45, 7) is 1.85. The minimum absolute atomic E-state index is 0.126. The standard InChI is InChI=1S/C16H14Br2N2O3/c1-10-2-4-12(5-3-10)20-15(21)9-23-16-13(17)6-11(8-19-22)7-14(16)18/h2-8,22H,9H2,1H3,(H,20,21)/b19-8-. The molecule has 0 heterocycles. The molecule has 2 rings (SSSR count). The second-order valence-corrected chi connectivity index (χ2v) is 6.47. The third-order valence-corrected chi connectivity index (χ3v) is 4.09. The Morgan fingerprint density at radius 2 is 1.87 bits per heavy atom. The molecule has 0 aliphatic carbocycles. The van der Waals surface area contributed by atoms with Crippen LogP contribution in [0.5, 0.6) is 5.75 Å². The number of anilines is 1. The molecule has 0 saturated carbocycles. The molecule has 5 nitrogen and oxygen atoms in total. The summed E-state index contributed by atoms with van der Waals surface area (Å²) < 4.78 is 6.83. The lowest BCUT2D eigenvalue weighted by Gasteiger charge is -2.11. The summed E-state index contributed by atoms with van der Waals surface area (Å²) in [7, 11) is 0. The number of ether oxygens (including phenoxy) is 1. The van der Waals surface area contributed by atoms with Crippen LogP contribution in [0.3, 0.4) is 0 Å². The molecule has 0 bridgehead atoms. The van der Waals surface area contributed by atoms with E-state index in [1.807, 2.05) is 31.2 Å². The second kappa shape index (κ2) is 8.12. The van der Waals surface area contributed by atoms with Crippen molar-refractivity contribution < 1.29 is 14.7 Å². The van der Waals surface area contributed by atoms with E-state index in [0.717, 1.165) is 11.3 Å². The van der Waals surface area contributed by atoms with Crippen molar-refractivity contribution in [3.63, 3.8) is 0 Å². The van der Waals surface area contributed by atoms with E-state index in [-0.39, 0.29) is 12.5 Å². The van der Waals surface area contributed by atoms with E-state index < -0.39 is 0 Å². The molecule has 0 atom stereocenters. The van der Waals surface area contributed by atoms with Crippen LogP contribution in [0.2, 0.25) is 0 Å². The van der Waals surface area contributed by atoms with E-state index >= 15 is 0 Å². The lowest BCUT2D eigenvalue weighted by molar-refractivity contribution is -0.118. The molecular weight excluding hydrogens is 428 g/mol. The maximum atomic E-state index is 11.9. The smallest absolute Gasteiger partial charge is 0.262 e. The van der Waals surface area contributed by atoms with Gasteiger partial charge in [-0.05, 0) is 68.6 Å². The van der Waals surface area contributed by atoms with E-state index in [1.165, 1.54) is 6.21 Å².